The van der Waals surface area contributed by atoms with Crippen molar-refractivity contribution in [1.82, 2.24) is 5.32 Å². The van der Waals surface area contributed by atoms with Crippen molar-refractivity contribution in [2.45, 2.75) is 45.3 Å². The molecule has 0 aliphatic rings. The average Bonchev–Trinajstić information content (AvgIpc) is 2.53. The summed E-state index contributed by atoms with van der Waals surface area (Å²) in [5, 5.41) is 11.8. The SMILES string of the molecule is CCC(CC)(CC(=O)O)NC(=O)c1ccc(OC(F)F)c(OC)c1. The minimum atomic E-state index is -3.01. The number of carbonyl (C=O) groups excluding carboxylic acids is 1. The number of rotatable bonds is 9. The fourth-order valence-corrected chi connectivity index (χ4v) is 2.33. The van der Waals surface area contributed by atoms with Crippen molar-refractivity contribution >= 4 is 11.9 Å². The molecular weight excluding hydrogens is 324 g/mol. The third kappa shape index (κ3) is 5.07. The number of carbonyl (C=O) groups is 2. The summed E-state index contributed by atoms with van der Waals surface area (Å²) in [6, 6.07) is 3.78. The van der Waals surface area contributed by atoms with Crippen molar-refractivity contribution in [3.05, 3.63) is 23.8 Å². The summed E-state index contributed by atoms with van der Waals surface area (Å²) in [6.07, 6.45) is 0.659. The summed E-state index contributed by atoms with van der Waals surface area (Å²) in [5.41, 5.74) is -0.723. The van der Waals surface area contributed by atoms with Gasteiger partial charge in [0.25, 0.3) is 5.91 Å². The minimum absolute atomic E-state index is 0.0141. The number of ether oxygens (including phenoxy) is 2. The molecule has 0 heterocycles. The van der Waals surface area contributed by atoms with Gasteiger partial charge < -0.3 is 19.9 Å². The Labute approximate surface area is 138 Å². The molecule has 1 aromatic rings. The van der Waals surface area contributed by atoms with Gasteiger partial charge in [-0.25, -0.2) is 0 Å². The van der Waals surface area contributed by atoms with Crippen LogP contribution in [0.5, 0.6) is 11.5 Å². The van der Waals surface area contributed by atoms with Crippen molar-refractivity contribution in [2.24, 2.45) is 0 Å². The van der Waals surface area contributed by atoms with E-state index in [0.717, 1.165) is 0 Å². The quantitative estimate of drug-likeness (QED) is 0.718. The highest BCUT2D eigenvalue weighted by atomic mass is 19.3. The molecule has 0 spiro atoms. The van der Waals surface area contributed by atoms with Gasteiger partial charge in [0.1, 0.15) is 0 Å². The molecule has 0 aliphatic heterocycles. The molecule has 1 aromatic carbocycles. The second kappa shape index (κ2) is 8.47. The van der Waals surface area contributed by atoms with Crippen LogP contribution in [-0.2, 0) is 4.79 Å². The van der Waals surface area contributed by atoms with Crippen LogP contribution in [0.15, 0.2) is 18.2 Å². The molecule has 8 heteroatoms. The topological polar surface area (TPSA) is 84.9 Å². The maximum atomic E-state index is 12.4. The Morgan fingerprint density at radius 3 is 2.33 bits per heavy atom. The molecule has 0 aliphatic carbocycles. The molecule has 0 unspecified atom stereocenters. The highest BCUT2D eigenvalue weighted by Crippen LogP contribution is 2.30. The maximum absolute atomic E-state index is 12.4. The summed E-state index contributed by atoms with van der Waals surface area (Å²) >= 11 is 0. The van der Waals surface area contributed by atoms with Crippen LogP contribution in [0.25, 0.3) is 0 Å². The Hall–Kier alpha value is -2.38. The lowest BCUT2D eigenvalue weighted by Crippen LogP contribution is -2.49. The van der Waals surface area contributed by atoms with Crippen LogP contribution in [0.4, 0.5) is 8.78 Å². The van der Waals surface area contributed by atoms with E-state index in [0.29, 0.717) is 12.8 Å². The van der Waals surface area contributed by atoms with Gasteiger partial charge in [-0.1, -0.05) is 13.8 Å². The third-order valence-corrected chi connectivity index (χ3v) is 3.86. The Balaban J connectivity index is 3.03. The van der Waals surface area contributed by atoms with E-state index in [4.69, 9.17) is 9.84 Å². The molecule has 1 rings (SSSR count). The second-order valence-electron chi connectivity index (χ2n) is 5.26. The minimum Gasteiger partial charge on any atom is -0.493 e. The maximum Gasteiger partial charge on any atom is 0.387 e. The molecule has 0 bridgehead atoms. The molecule has 1 amide bonds. The van der Waals surface area contributed by atoms with Crippen LogP contribution in [0, 0.1) is 0 Å². The molecule has 0 fully saturated rings. The number of halogens is 2. The number of hydrogen-bond donors (Lipinski definition) is 2. The number of nitrogens with one attached hydrogen (secondary N) is 1. The van der Waals surface area contributed by atoms with Crippen LogP contribution in [0.1, 0.15) is 43.5 Å². The Bertz CT molecular complexity index is 588. The summed E-state index contributed by atoms with van der Waals surface area (Å²) in [6.45, 7) is 0.557. The lowest BCUT2D eigenvalue weighted by Gasteiger charge is -2.31. The van der Waals surface area contributed by atoms with Gasteiger partial charge in [0.2, 0.25) is 0 Å². The molecule has 24 heavy (non-hydrogen) atoms. The van der Waals surface area contributed by atoms with Crippen LogP contribution in [0.3, 0.4) is 0 Å². The molecule has 0 atom stereocenters. The zero-order chi connectivity index (χ0) is 18.3. The smallest absolute Gasteiger partial charge is 0.387 e. The standard InChI is InChI=1S/C16H21F2NO5/c1-4-16(5-2,9-13(20)21)19-14(22)10-6-7-11(24-15(17)18)12(8-10)23-3/h6-8,15H,4-5,9H2,1-3H3,(H,19,22)(H,20,21). The van der Waals surface area contributed by atoms with Crippen molar-refractivity contribution in [3.8, 4) is 11.5 Å². The third-order valence-electron chi connectivity index (χ3n) is 3.86. The molecule has 134 valence electrons. The molecule has 6 nitrogen and oxygen atoms in total. The van der Waals surface area contributed by atoms with Gasteiger partial charge in [0.15, 0.2) is 11.5 Å². The first-order valence-corrected chi connectivity index (χ1v) is 7.44. The molecule has 0 aromatic heterocycles. The van der Waals surface area contributed by atoms with E-state index in [1.165, 1.54) is 25.3 Å². The Morgan fingerprint density at radius 2 is 1.88 bits per heavy atom. The lowest BCUT2D eigenvalue weighted by molar-refractivity contribution is -0.138. The molecule has 0 saturated heterocycles. The van der Waals surface area contributed by atoms with Crippen LogP contribution < -0.4 is 14.8 Å². The predicted molar refractivity (Wildman–Crippen MR) is 82.7 cm³/mol. The second-order valence-corrected chi connectivity index (χ2v) is 5.26. The van der Waals surface area contributed by atoms with E-state index in [1.807, 2.05) is 0 Å². The summed E-state index contributed by atoms with van der Waals surface area (Å²) in [5.74, 6) is -1.73. The van der Waals surface area contributed by atoms with Gasteiger partial charge >= 0.3 is 12.6 Å². The van der Waals surface area contributed by atoms with Gasteiger partial charge in [-0.3, -0.25) is 9.59 Å². The number of carboxylic acid groups (broad SMARTS) is 1. The van der Waals surface area contributed by atoms with Crippen molar-refractivity contribution in [3.63, 3.8) is 0 Å². The number of carboxylic acids is 1. The highest BCUT2D eigenvalue weighted by molar-refractivity contribution is 5.95. The van der Waals surface area contributed by atoms with Gasteiger partial charge in [-0.05, 0) is 31.0 Å². The molecular formula is C16H21F2NO5. The van der Waals surface area contributed by atoms with E-state index in [-0.39, 0.29) is 23.5 Å². The Kier molecular flexibility index (Phi) is 6.94. The number of methoxy groups -OCH3 is 1. The first kappa shape index (κ1) is 19.7. The van der Waals surface area contributed by atoms with Gasteiger partial charge in [-0.2, -0.15) is 8.78 Å². The number of aliphatic carboxylic acids is 1. The van der Waals surface area contributed by atoms with E-state index >= 15 is 0 Å². The van der Waals surface area contributed by atoms with Crippen molar-refractivity contribution in [2.75, 3.05) is 7.11 Å². The average molecular weight is 345 g/mol. The predicted octanol–water partition coefficient (Wildman–Crippen LogP) is 3.06. The Morgan fingerprint density at radius 1 is 1.25 bits per heavy atom. The lowest BCUT2D eigenvalue weighted by atomic mass is 9.88. The van der Waals surface area contributed by atoms with E-state index < -0.39 is 24.0 Å². The molecule has 2 N–H and O–H groups in total. The fourth-order valence-electron chi connectivity index (χ4n) is 2.33. The highest BCUT2D eigenvalue weighted by Gasteiger charge is 2.31. The molecule has 0 radical (unpaired) electrons. The fraction of sp³-hybridized carbons (Fsp3) is 0.500. The normalized spacial score (nSPS) is 11.2. The van der Waals surface area contributed by atoms with Crippen LogP contribution in [0.2, 0.25) is 0 Å². The largest absolute Gasteiger partial charge is 0.493 e. The monoisotopic (exact) mass is 345 g/mol. The summed E-state index contributed by atoms with van der Waals surface area (Å²) in [4.78, 5) is 23.5. The summed E-state index contributed by atoms with van der Waals surface area (Å²) in [7, 11) is 1.27. The van der Waals surface area contributed by atoms with E-state index in [2.05, 4.69) is 10.1 Å². The number of benzene rings is 1. The van der Waals surface area contributed by atoms with Gasteiger partial charge in [0.05, 0.1) is 19.1 Å². The molecule has 0 saturated carbocycles. The first-order valence-electron chi connectivity index (χ1n) is 7.44. The van der Waals surface area contributed by atoms with Crippen LogP contribution in [-0.4, -0.2) is 36.2 Å². The van der Waals surface area contributed by atoms with Gasteiger partial charge in [-0.15, -0.1) is 0 Å². The van der Waals surface area contributed by atoms with Crippen LogP contribution >= 0.6 is 0 Å². The van der Waals surface area contributed by atoms with Gasteiger partial charge in [0, 0.05) is 5.56 Å². The summed E-state index contributed by atoms with van der Waals surface area (Å²) < 4.78 is 33.9. The first-order chi connectivity index (χ1) is 11.3. The van der Waals surface area contributed by atoms with Crippen molar-refractivity contribution in [1.29, 1.82) is 0 Å². The number of hydrogen-bond acceptors (Lipinski definition) is 4. The number of amides is 1. The zero-order valence-electron chi connectivity index (χ0n) is 13.8. The van der Waals surface area contributed by atoms with Crippen molar-refractivity contribution < 1.29 is 33.0 Å². The number of alkyl halides is 2. The zero-order valence-corrected chi connectivity index (χ0v) is 13.8. The van der Waals surface area contributed by atoms with E-state index in [1.54, 1.807) is 13.8 Å². The van der Waals surface area contributed by atoms with E-state index in [9.17, 15) is 18.4 Å².